The van der Waals surface area contributed by atoms with Gasteiger partial charge in [-0.15, -0.1) is 0 Å². The van der Waals surface area contributed by atoms with E-state index in [1.54, 1.807) is 22.5 Å². The maximum atomic E-state index is 7.44. The van der Waals surface area contributed by atoms with Crippen LogP contribution in [0.4, 0.5) is 0 Å². The van der Waals surface area contributed by atoms with Crippen molar-refractivity contribution in [1.29, 1.82) is 0 Å². The van der Waals surface area contributed by atoms with E-state index >= 15 is 0 Å². The number of imidazole rings is 1. The zero-order valence-electron chi connectivity index (χ0n) is 8.38. The largest absolute Gasteiger partial charge is 0.329 e. The Morgan fingerprint density at radius 2 is 2.27 bits per heavy atom. The van der Waals surface area contributed by atoms with Crippen LogP contribution >= 0.6 is 11.8 Å². The van der Waals surface area contributed by atoms with Crippen LogP contribution in [0.1, 0.15) is 22.1 Å². The molecule has 11 heavy (non-hydrogen) atoms. The molecule has 0 bridgehead atoms. The molecular weight excluding hydrogens is 156 g/mol. The maximum absolute atomic E-state index is 7.44. The van der Waals surface area contributed by atoms with Crippen LogP contribution < -0.4 is 0 Å². The molecule has 0 saturated carbocycles. The quantitative estimate of drug-likeness (QED) is 0.603. The van der Waals surface area contributed by atoms with Crippen molar-refractivity contribution in [3.63, 3.8) is 0 Å². The van der Waals surface area contributed by atoms with Gasteiger partial charge in [0.2, 0.25) is 0 Å². The molecule has 0 amide bonds. The Morgan fingerprint density at radius 3 is 2.64 bits per heavy atom. The molecule has 2 nitrogen and oxygen atoms in total. The van der Waals surface area contributed by atoms with Crippen LogP contribution in [0.3, 0.4) is 0 Å². The van der Waals surface area contributed by atoms with Crippen molar-refractivity contribution in [2.24, 2.45) is 7.05 Å². The monoisotopic (exact) mass is 171 g/mol. The second-order valence-electron chi connectivity index (χ2n) is 3.44. The smallest absolute Gasteiger partial charge is 0.168 e. The third-order valence-corrected chi connectivity index (χ3v) is 2.28. The van der Waals surface area contributed by atoms with E-state index in [1.807, 2.05) is 7.05 Å². The fourth-order valence-corrected chi connectivity index (χ4v) is 1.52. The summed E-state index contributed by atoms with van der Waals surface area (Å²) in [6.45, 7) is 6.40. The fraction of sp³-hybridized carbons (Fsp3) is 0.625. The molecule has 1 heterocycles. The lowest BCUT2D eigenvalue weighted by atomic mass is 10.3. The van der Waals surface area contributed by atoms with Crippen molar-refractivity contribution in [3.8, 4) is 0 Å². The van der Waals surface area contributed by atoms with E-state index < -0.39 is 0 Å². The van der Waals surface area contributed by atoms with Gasteiger partial charge in [0.25, 0.3) is 0 Å². The van der Waals surface area contributed by atoms with Gasteiger partial charge in [0.05, 0.1) is 1.37 Å². The molecule has 0 radical (unpaired) electrons. The van der Waals surface area contributed by atoms with E-state index in [9.17, 15) is 0 Å². The minimum atomic E-state index is 0.158. The standard InChI is InChI=1S/C8H14N2S/c1-8(2,3)11-7-9-5-6-10(7)4/h5-6H,1-4H3/i6D. The predicted octanol–water partition coefficient (Wildman–Crippen LogP) is 2.31. The lowest BCUT2D eigenvalue weighted by Gasteiger charge is -2.16. The van der Waals surface area contributed by atoms with Gasteiger partial charge in [0, 0.05) is 24.2 Å². The summed E-state index contributed by atoms with van der Waals surface area (Å²) in [6, 6.07) is 0. The Morgan fingerprint density at radius 1 is 1.64 bits per heavy atom. The molecule has 0 aromatic carbocycles. The van der Waals surface area contributed by atoms with E-state index in [2.05, 4.69) is 25.8 Å². The fourth-order valence-electron chi connectivity index (χ4n) is 0.681. The minimum Gasteiger partial charge on any atom is -0.329 e. The summed E-state index contributed by atoms with van der Waals surface area (Å²) in [5.74, 6) is 0. The first-order valence-corrected chi connectivity index (χ1v) is 4.39. The predicted molar refractivity (Wildman–Crippen MR) is 48.8 cm³/mol. The van der Waals surface area contributed by atoms with E-state index in [-0.39, 0.29) is 4.75 Å². The molecule has 1 aromatic heterocycles. The van der Waals surface area contributed by atoms with Crippen molar-refractivity contribution in [3.05, 3.63) is 12.4 Å². The molecule has 1 aromatic rings. The molecule has 0 aliphatic rings. The molecule has 0 spiro atoms. The highest BCUT2D eigenvalue weighted by Gasteiger charge is 2.14. The summed E-state index contributed by atoms with van der Waals surface area (Å²) < 4.78 is 9.38. The molecule has 0 aliphatic carbocycles. The Kier molecular flexibility index (Phi) is 1.90. The summed E-state index contributed by atoms with van der Waals surface area (Å²) in [6.07, 6.45) is 2.04. The highest BCUT2D eigenvalue weighted by atomic mass is 32.2. The minimum absolute atomic E-state index is 0.158. The van der Waals surface area contributed by atoms with Crippen molar-refractivity contribution >= 4 is 11.8 Å². The van der Waals surface area contributed by atoms with Gasteiger partial charge in [-0.2, -0.15) is 0 Å². The summed E-state index contributed by atoms with van der Waals surface area (Å²) in [4.78, 5) is 4.14. The Balaban J connectivity index is 2.83. The average molecular weight is 171 g/mol. The van der Waals surface area contributed by atoms with Crippen LogP contribution in [0.25, 0.3) is 0 Å². The first kappa shape index (κ1) is 7.22. The van der Waals surface area contributed by atoms with Crippen LogP contribution in [0.5, 0.6) is 0 Å². The van der Waals surface area contributed by atoms with E-state index in [4.69, 9.17) is 1.37 Å². The summed E-state index contributed by atoms with van der Waals surface area (Å²) in [5, 5.41) is 0.910. The van der Waals surface area contributed by atoms with E-state index in [0.29, 0.717) is 6.17 Å². The SMILES string of the molecule is [2H]c1cnc(SC(C)(C)C)n1C. The highest BCUT2D eigenvalue weighted by molar-refractivity contribution is 8.00. The molecule has 3 heteroatoms. The van der Waals surface area contributed by atoms with Gasteiger partial charge in [-0.1, -0.05) is 32.5 Å². The number of rotatable bonds is 1. The van der Waals surface area contributed by atoms with Crippen LogP contribution in [0.15, 0.2) is 17.5 Å². The number of hydrogen-bond donors (Lipinski definition) is 0. The maximum Gasteiger partial charge on any atom is 0.168 e. The number of aromatic nitrogens is 2. The molecule has 0 N–H and O–H groups in total. The Bertz CT molecular complexity index is 275. The van der Waals surface area contributed by atoms with E-state index in [0.717, 1.165) is 5.16 Å². The van der Waals surface area contributed by atoms with Gasteiger partial charge in [-0.3, -0.25) is 0 Å². The highest BCUT2D eigenvalue weighted by Crippen LogP contribution is 2.29. The van der Waals surface area contributed by atoms with Gasteiger partial charge >= 0.3 is 0 Å². The number of thioether (sulfide) groups is 1. The summed E-state index contributed by atoms with van der Waals surface area (Å²) in [7, 11) is 1.86. The molecular formula is C8H14N2S. The van der Waals surface area contributed by atoms with Gasteiger partial charge in [0.1, 0.15) is 0 Å². The van der Waals surface area contributed by atoms with Crippen LogP contribution in [-0.4, -0.2) is 14.3 Å². The molecule has 62 valence electrons. The molecule has 0 unspecified atom stereocenters. The summed E-state index contributed by atoms with van der Waals surface area (Å²) >= 11 is 1.68. The van der Waals surface area contributed by atoms with Crippen LogP contribution in [0.2, 0.25) is 0 Å². The third kappa shape index (κ3) is 2.58. The first-order valence-electron chi connectivity index (χ1n) is 4.07. The summed E-state index contributed by atoms with van der Waals surface area (Å²) in [5.41, 5.74) is 0. The van der Waals surface area contributed by atoms with Gasteiger partial charge in [-0.05, 0) is 0 Å². The zero-order chi connectivity index (χ0) is 9.35. The molecule has 1 rings (SSSR count). The molecule has 0 saturated heterocycles. The van der Waals surface area contributed by atoms with Crippen LogP contribution in [-0.2, 0) is 7.05 Å². The van der Waals surface area contributed by atoms with E-state index in [1.165, 1.54) is 0 Å². The molecule has 0 fully saturated rings. The third-order valence-electron chi connectivity index (χ3n) is 1.11. The molecule has 0 aliphatic heterocycles. The zero-order valence-corrected chi connectivity index (χ0v) is 8.20. The number of nitrogens with zero attached hydrogens (tertiary/aromatic N) is 2. The lowest BCUT2D eigenvalue weighted by molar-refractivity contribution is 0.753. The van der Waals surface area contributed by atoms with Crippen molar-refractivity contribution in [2.75, 3.05) is 0 Å². The van der Waals surface area contributed by atoms with Gasteiger partial charge in [-0.25, -0.2) is 4.98 Å². The second kappa shape index (κ2) is 2.89. The van der Waals surface area contributed by atoms with Crippen molar-refractivity contribution < 1.29 is 1.37 Å². The van der Waals surface area contributed by atoms with Crippen LogP contribution in [0, 0.1) is 0 Å². The van der Waals surface area contributed by atoms with Crippen molar-refractivity contribution in [2.45, 2.75) is 30.7 Å². The Hall–Kier alpha value is -0.440. The molecule has 0 atom stereocenters. The average Bonchev–Trinajstić information content (AvgIpc) is 2.16. The topological polar surface area (TPSA) is 17.8 Å². The van der Waals surface area contributed by atoms with Gasteiger partial charge < -0.3 is 4.57 Å². The lowest BCUT2D eigenvalue weighted by Crippen LogP contribution is -2.08. The van der Waals surface area contributed by atoms with Gasteiger partial charge in [0.15, 0.2) is 5.16 Å². The Labute approximate surface area is 73.4 Å². The normalized spacial score (nSPS) is 13.3. The van der Waals surface area contributed by atoms with Crippen molar-refractivity contribution in [1.82, 2.24) is 9.55 Å². The first-order chi connectivity index (χ1) is 5.40. The number of hydrogen-bond acceptors (Lipinski definition) is 2. The second-order valence-corrected chi connectivity index (χ2v) is 5.24.